The number of thiophene rings is 1. The van der Waals surface area contributed by atoms with Crippen molar-refractivity contribution in [2.45, 2.75) is 6.54 Å². The molecule has 0 saturated carbocycles. The molecule has 4 rings (SSSR count). The molecule has 0 atom stereocenters. The van der Waals surface area contributed by atoms with E-state index in [1.807, 2.05) is 40.6 Å². The van der Waals surface area contributed by atoms with E-state index in [-0.39, 0.29) is 18.4 Å². The molecular weight excluding hydrogens is 372 g/mol. The molecule has 1 aromatic heterocycles. The molecule has 0 radical (unpaired) electrons. The number of carbonyl (C=O) groups is 2. The van der Waals surface area contributed by atoms with Gasteiger partial charge in [0.1, 0.15) is 5.70 Å². The second-order valence-electron chi connectivity index (χ2n) is 6.09. The number of benzene rings is 1. The van der Waals surface area contributed by atoms with Crippen LogP contribution in [-0.2, 0) is 20.9 Å². The highest BCUT2D eigenvalue weighted by Crippen LogP contribution is 2.35. The van der Waals surface area contributed by atoms with E-state index in [0.29, 0.717) is 42.6 Å². The number of hydrogen-bond donors (Lipinski definition) is 0. The summed E-state index contributed by atoms with van der Waals surface area (Å²) in [6, 6.07) is 11.0. The van der Waals surface area contributed by atoms with Crippen molar-refractivity contribution in [1.29, 1.82) is 0 Å². The molecule has 0 N–H and O–H groups in total. The van der Waals surface area contributed by atoms with E-state index in [9.17, 15) is 9.59 Å². The Morgan fingerprint density at radius 2 is 1.81 bits per heavy atom. The standard InChI is InChI=1S/C19H17ClN2O3S/c20-14-5-2-1-4-13(14)12-22-18(23)16(15-6-3-11-26-15)17(19(22)24)21-7-9-25-10-8-21/h1-6,11H,7-10,12H2. The maximum absolute atomic E-state index is 13.2. The second kappa shape index (κ2) is 7.23. The largest absolute Gasteiger partial charge is 0.378 e. The Labute approximate surface area is 160 Å². The van der Waals surface area contributed by atoms with Gasteiger partial charge in [0.15, 0.2) is 0 Å². The van der Waals surface area contributed by atoms with E-state index in [0.717, 1.165) is 10.4 Å². The molecule has 0 bridgehead atoms. The van der Waals surface area contributed by atoms with Crippen LogP contribution in [0, 0.1) is 0 Å². The zero-order valence-corrected chi connectivity index (χ0v) is 15.6. The van der Waals surface area contributed by atoms with Gasteiger partial charge in [-0.15, -0.1) is 11.3 Å². The molecule has 2 aromatic rings. The van der Waals surface area contributed by atoms with E-state index in [1.54, 1.807) is 6.07 Å². The first kappa shape index (κ1) is 17.3. The summed E-state index contributed by atoms with van der Waals surface area (Å²) in [7, 11) is 0. The molecule has 0 spiro atoms. The Morgan fingerprint density at radius 3 is 2.50 bits per heavy atom. The first-order chi connectivity index (χ1) is 12.7. The van der Waals surface area contributed by atoms with Crippen molar-refractivity contribution in [3.63, 3.8) is 0 Å². The average Bonchev–Trinajstić information content (AvgIpc) is 3.26. The lowest BCUT2D eigenvalue weighted by molar-refractivity contribution is -0.138. The Kier molecular flexibility index (Phi) is 4.80. The van der Waals surface area contributed by atoms with Crippen molar-refractivity contribution in [3.8, 4) is 0 Å². The van der Waals surface area contributed by atoms with Gasteiger partial charge in [-0.1, -0.05) is 35.9 Å². The van der Waals surface area contributed by atoms with Crippen LogP contribution < -0.4 is 0 Å². The summed E-state index contributed by atoms with van der Waals surface area (Å²) in [6.07, 6.45) is 0. The first-order valence-corrected chi connectivity index (χ1v) is 9.63. The molecule has 1 aromatic carbocycles. The quantitative estimate of drug-likeness (QED) is 0.755. The number of hydrogen-bond acceptors (Lipinski definition) is 5. The molecule has 0 unspecified atom stereocenters. The second-order valence-corrected chi connectivity index (χ2v) is 7.44. The van der Waals surface area contributed by atoms with Gasteiger partial charge in [0.2, 0.25) is 0 Å². The lowest BCUT2D eigenvalue weighted by atomic mass is 10.1. The van der Waals surface area contributed by atoms with Gasteiger partial charge in [-0.2, -0.15) is 0 Å². The number of carbonyl (C=O) groups excluding carboxylic acids is 2. The highest BCUT2D eigenvalue weighted by atomic mass is 35.5. The van der Waals surface area contributed by atoms with E-state index >= 15 is 0 Å². The van der Waals surface area contributed by atoms with Crippen LogP contribution in [0.2, 0.25) is 5.02 Å². The normalized spacial score (nSPS) is 18.2. The van der Waals surface area contributed by atoms with Crippen LogP contribution in [-0.4, -0.2) is 47.9 Å². The van der Waals surface area contributed by atoms with Crippen LogP contribution in [0.4, 0.5) is 0 Å². The zero-order valence-electron chi connectivity index (χ0n) is 14.0. The van der Waals surface area contributed by atoms with E-state index in [1.165, 1.54) is 16.2 Å². The third-order valence-corrected chi connectivity index (χ3v) is 5.78. The molecule has 5 nitrogen and oxygen atoms in total. The van der Waals surface area contributed by atoms with E-state index in [2.05, 4.69) is 0 Å². The first-order valence-electron chi connectivity index (χ1n) is 8.37. The fraction of sp³-hybridized carbons (Fsp3) is 0.263. The SMILES string of the molecule is O=C1C(c2cccs2)=C(N2CCOCC2)C(=O)N1Cc1ccccc1Cl. The Hall–Kier alpha value is -2.15. The smallest absolute Gasteiger partial charge is 0.278 e. The minimum Gasteiger partial charge on any atom is -0.378 e. The summed E-state index contributed by atoms with van der Waals surface area (Å²) in [5.74, 6) is -0.529. The Balaban J connectivity index is 1.72. The van der Waals surface area contributed by atoms with E-state index in [4.69, 9.17) is 16.3 Å². The topological polar surface area (TPSA) is 49.9 Å². The van der Waals surface area contributed by atoms with Crippen molar-refractivity contribution >= 4 is 40.3 Å². The monoisotopic (exact) mass is 388 g/mol. The van der Waals surface area contributed by atoms with Crippen LogP contribution in [0.15, 0.2) is 47.5 Å². The van der Waals surface area contributed by atoms with E-state index < -0.39 is 0 Å². The zero-order chi connectivity index (χ0) is 18.1. The van der Waals surface area contributed by atoms with Crippen molar-refractivity contribution < 1.29 is 14.3 Å². The number of amides is 2. The number of imide groups is 1. The van der Waals surface area contributed by atoms with Crippen molar-refractivity contribution in [3.05, 3.63) is 62.9 Å². The van der Waals surface area contributed by atoms with Crippen molar-refractivity contribution in [1.82, 2.24) is 9.80 Å². The average molecular weight is 389 g/mol. The number of halogens is 1. The highest BCUT2D eigenvalue weighted by Gasteiger charge is 2.42. The Bertz CT molecular complexity index is 873. The maximum atomic E-state index is 13.2. The number of nitrogens with zero attached hydrogens (tertiary/aromatic N) is 2. The summed E-state index contributed by atoms with van der Waals surface area (Å²) in [6.45, 7) is 2.47. The van der Waals surface area contributed by atoms with Crippen LogP contribution in [0.5, 0.6) is 0 Å². The minimum atomic E-state index is -0.265. The lowest BCUT2D eigenvalue weighted by Crippen LogP contribution is -2.40. The Morgan fingerprint density at radius 1 is 1.04 bits per heavy atom. The van der Waals surface area contributed by atoms with Crippen molar-refractivity contribution in [2.75, 3.05) is 26.3 Å². The van der Waals surface area contributed by atoms with Gasteiger partial charge in [0.05, 0.1) is 25.3 Å². The highest BCUT2D eigenvalue weighted by molar-refractivity contribution is 7.11. The molecule has 2 aliphatic heterocycles. The van der Waals surface area contributed by atoms with Crippen LogP contribution >= 0.6 is 22.9 Å². The summed E-state index contributed by atoms with van der Waals surface area (Å²) in [5.41, 5.74) is 1.72. The minimum absolute atomic E-state index is 0.167. The summed E-state index contributed by atoms with van der Waals surface area (Å²) >= 11 is 7.69. The number of ether oxygens (including phenoxy) is 1. The fourth-order valence-electron chi connectivity index (χ4n) is 3.23. The number of rotatable bonds is 4. The van der Waals surface area contributed by atoms with Gasteiger partial charge >= 0.3 is 0 Å². The molecule has 1 fully saturated rings. The predicted octanol–water partition coefficient (Wildman–Crippen LogP) is 3.01. The lowest BCUT2D eigenvalue weighted by Gasteiger charge is -2.29. The summed E-state index contributed by atoms with van der Waals surface area (Å²) in [5, 5.41) is 2.46. The molecule has 2 aliphatic rings. The van der Waals surface area contributed by atoms with Gasteiger partial charge < -0.3 is 9.64 Å². The van der Waals surface area contributed by atoms with Crippen LogP contribution in [0.25, 0.3) is 5.57 Å². The predicted molar refractivity (Wildman–Crippen MR) is 101 cm³/mol. The summed E-state index contributed by atoms with van der Waals surface area (Å²) in [4.78, 5) is 30.4. The summed E-state index contributed by atoms with van der Waals surface area (Å²) < 4.78 is 5.40. The molecule has 1 saturated heterocycles. The number of morpholine rings is 1. The maximum Gasteiger partial charge on any atom is 0.278 e. The van der Waals surface area contributed by atoms with Crippen molar-refractivity contribution in [2.24, 2.45) is 0 Å². The molecule has 3 heterocycles. The van der Waals surface area contributed by atoms with Gasteiger partial charge in [0.25, 0.3) is 11.8 Å². The van der Waals surface area contributed by atoms with Gasteiger partial charge in [-0.25, -0.2) is 0 Å². The molecule has 134 valence electrons. The van der Waals surface area contributed by atoms with Crippen LogP contribution in [0.3, 0.4) is 0 Å². The third-order valence-electron chi connectivity index (χ3n) is 4.52. The van der Waals surface area contributed by atoms with Crippen LogP contribution in [0.1, 0.15) is 10.4 Å². The third kappa shape index (κ3) is 3.05. The molecule has 26 heavy (non-hydrogen) atoms. The van der Waals surface area contributed by atoms with Gasteiger partial charge in [-0.05, 0) is 23.1 Å². The van der Waals surface area contributed by atoms with Gasteiger partial charge in [0, 0.05) is 23.0 Å². The van der Waals surface area contributed by atoms with Gasteiger partial charge in [-0.3, -0.25) is 14.5 Å². The molecule has 0 aliphatic carbocycles. The fourth-order valence-corrected chi connectivity index (χ4v) is 4.19. The molecular formula is C19H17ClN2O3S. The molecule has 2 amide bonds. The molecule has 7 heteroatoms.